The Kier molecular flexibility index (Phi) is 4.00. The van der Waals surface area contributed by atoms with Gasteiger partial charge in [-0.2, -0.15) is 0 Å². The lowest BCUT2D eigenvalue weighted by atomic mass is 10.5. The van der Waals surface area contributed by atoms with Gasteiger partial charge < -0.3 is 10.2 Å². The van der Waals surface area contributed by atoms with Crippen LogP contribution in [0.4, 0.5) is 5.82 Å². The Morgan fingerprint density at radius 1 is 1.57 bits per heavy atom. The van der Waals surface area contributed by atoms with Crippen LogP contribution in [0.3, 0.4) is 0 Å². The second-order valence-electron chi connectivity index (χ2n) is 2.85. The second kappa shape index (κ2) is 5.29. The molecule has 0 bridgehead atoms. The predicted molar refractivity (Wildman–Crippen MR) is 62.6 cm³/mol. The van der Waals surface area contributed by atoms with E-state index in [0.717, 1.165) is 0 Å². The van der Waals surface area contributed by atoms with Crippen molar-refractivity contribution in [1.82, 2.24) is 9.88 Å². The van der Waals surface area contributed by atoms with E-state index in [1.807, 2.05) is 37.2 Å². The third kappa shape index (κ3) is 3.95. The van der Waals surface area contributed by atoms with Crippen LogP contribution in [0.2, 0.25) is 0 Å². The molecular formula is C9H12N4S. The second-order valence-corrected chi connectivity index (χ2v) is 3.24. The van der Waals surface area contributed by atoms with Gasteiger partial charge in [0, 0.05) is 20.3 Å². The third-order valence-corrected chi connectivity index (χ3v) is 1.51. The lowest BCUT2D eigenvalue weighted by Gasteiger charge is -2.04. The summed E-state index contributed by atoms with van der Waals surface area (Å²) in [4.78, 5) is 9.87. The van der Waals surface area contributed by atoms with Gasteiger partial charge in [0.2, 0.25) is 0 Å². The summed E-state index contributed by atoms with van der Waals surface area (Å²) < 4.78 is 0. The van der Waals surface area contributed by atoms with Crippen molar-refractivity contribution in [3.63, 3.8) is 0 Å². The summed E-state index contributed by atoms with van der Waals surface area (Å²) in [5.74, 6) is 0.702. The SMILES string of the molecule is CN(C)/C=N/C(=S)Nc1ccccn1. The number of hydrogen-bond acceptors (Lipinski definition) is 2. The molecule has 0 amide bonds. The molecule has 1 aromatic heterocycles. The molecular weight excluding hydrogens is 196 g/mol. The molecule has 0 aliphatic carbocycles. The molecule has 14 heavy (non-hydrogen) atoms. The molecule has 1 N–H and O–H groups in total. The van der Waals surface area contributed by atoms with Gasteiger partial charge in [-0.25, -0.2) is 9.98 Å². The Hall–Kier alpha value is -1.49. The molecule has 1 heterocycles. The number of aliphatic imine (C=N–C) groups is 1. The summed E-state index contributed by atoms with van der Waals surface area (Å²) in [5.41, 5.74) is 0. The van der Waals surface area contributed by atoms with Crippen molar-refractivity contribution in [2.45, 2.75) is 0 Å². The molecule has 0 spiro atoms. The Morgan fingerprint density at radius 2 is 2.36 bits per heavy atom. The Balaban J connectivity index is 2.50. The van der Waals surface area contributed by atoms with Crippen LogP contribution in [0.1, 0.15) is 0 Å². The zero-order valence-electron chi connectivity index (χ0n) is 8.14. The average molecular weight is 208 g/mol. The van der Waals surface area contributed by atoms with E-state index in [1.165, 1.54) is 0 Å². The number of aromatic nitrogens is 1. The van der Waals surface area contributed by atoms with Gasteiger partial charge in [-0.05, 0) is 24.4 Å². The van der Waals surface area contributed by atoms with Gasteiger partial charge in [0.15, 0.2) is 5.11 Å². The number of nitrogens with one attached hydrogen (secondary N) is 1. The number of thiocarbonyl (C=S) groups is 1. The van der Waals surface area contributed by atoms with Crippen LogP contribution in [-0.2, 0) is 0 Å². The highest BCUT2D eigenvalue weighted by atomic mass is 32.1. The van der Waals surface area contributed by atoms with E-state index >= 15 is 0 Å². The van der Waals surface area contributed by atoms with Crippen molar-refractivity contribution in [3.8, 4) is 0 Å². The molecule has 5 heteroatoms. The summed E-state index contributed by atoms with van der Waals surface area (Å²) in [5, 5.41) is 3.29. The van der Waals surface area contributed by atoms with Crippen LogP contribution in [0.5, 0.6) is 0 Å². The van der Waals surface area contributed by atoms with Crippen LogP contribution < -0.4 is 5.32 Å². The molecule has 0 aliphatic rings. The monoisotopic (exact) mass is 208 g/mol. The first-order valence-corrected chi connectivity index (χ1v) is 4.52. The van der Waals surface area contributed by atoms with E-state index in [9.17, 15) is 0 Å². The summed E-state index contributed by atoms with van der Waals surface area (Å²) in [6.07, 6.45) is 3.33. The number of pyridine rings is 1. The minimum Gasteiger partial charge on any atom is -0.369 e. The minimum absolute atomic E-state index is 0.400. The first-order chi connectivity index (χ1) is 6.68. The first-order valence-electron chi connectivity index (χ1n) is 4.11. The van der Waals surface area contributed by atoms with Gasteiger partial charge in [-0.3, -0.25) is 0 Å². The van der Waals surface area contributed by atoms with Crippen molar-refractivity contribution in [2.75, 3.05) is 19.4 Å². The molecule has 0 unspecified atom stereocenters. The standard InChI is InChI=1S/C9H12N4S/c1-13(2)7-11-9(14)12-8-5-3-4-6-10-8/h3-7H,1-2H3,(H,10,12,14)/b11-7+. The van der Waals surface area contributed by atoms with E-state index < -0.39 is 0 Å². The third-order valence-electron chi connectivity index (χ3n) is 1.31. The molecule has 1 aromatic rings. The largest absolute Gasteiger partial charge is 0.369 e. The summed E-state index contributed by atoms with van der Waals surface area (Å²) in [7, 11) is 3.76. The molecule has 1 rings (SSSR count). The van der Waals surface area contributed by atoms with Crippen molar-refractivity contribution in [1.29, 1.82) is 0 Å². The number of hydrogen-bond donors (Lipinski definition) is 1. The fourth-order valence-electron chi connectivity index (χ4n) is 0.746. The molecule has 0 aliphatic heterocycles. The van der Waals surface area contributed by atoms with E-state index in [1.54, 1.807) is 12.5 Å². The molecule has 74 valence electrons. The van der Waals surface area contributed by atoms with Gasteiger partial charge in [0.25, 0.3) is 0 Å². The maximum atomic E-state index is 4.98. The highest BCUT2D eigenvalue weighted by Crippen LogP contribution is 1.99. The van der Waals surface area contributed by atoms with Gasteiger partial charge in [-0.15, -0.1) is 0 Å². The van der Waals surface area contributed by atoms with Crippen LogP contribution in [-0.4, -0.2) is 35.4 Å². The number of anilines is 1. The minimum atomic E-state index is 0.400. The van der Waals surface area contributed by atoms with Crippen LogP contribution in [0, 0.1) is 0 Å². The lowest BCUT2D eigenvalue weighted by Crippen LogP contribution is -2.13. The van der Waals surface area contributed by atoms with Crippen molar-refractivity contribution < 1.29 is 0 Å². The highest BCUT2D eigenvalue weighted by molar-refractivity contribution is 7.80. The first kappa shape index (κ1) is 10.6. The molecule has 0 saturated carbocycles. The maximum absolute atomic E-state index is 4.98. The average Bonchev–Trinajstić information content (AvgIpc) is 2.16. The molecule has 0 saturated heterocycles. The molecule has 0 fully saturated rings. The Bertz CT molecular complexity index is 321. The summed E-state index contributed by atoms with van der Waals surface area (Å²) in [6.45, 7) is 0. The van der Waals surface area contributed by atoms with E-state index in [2.05, 4.69) is 15.3 Å². The van der Waals surface area contributed by atoms with E-state index in [0.29, 0.717) is 10.9 Å². The Morgan fingerprint density at radius 3 is 2.93 bits per heavy atom. The Labute approximate surface area is 88.7 Å². The fourth-order valence-corrected chi connectivity index (χ4v) is 0.898. The van der Waals surface area contributed by atoms with Crippen LogP contribution in [0.15, 0.2) is 29.4 Å². The van der Waals surface area contributed by atoms with Crippen molar-refractivity contribution >= 4 is 29.5 Å². The topological polar surface area (TPSA) is 40.5 Å². The van der Waals surface area contributed by atoms with Crippen molar-refractivity contribution in [2.24, 2.45) is 4.99 Å². The van der Waals surface area contributed by atoms with Crippen LogP contribution >= 0.6 is 12.2 Å². The zero-order chi connectivity index (χ0) is 10.4. The van der Waals surface area contributed by atoms with Crippen LogP contribution in [0.25, 0.3) is 0 Å². The highest BCUT2D eigenvalue weighted by Gasteiger charge is 1.93. The molecule has 0 radical (unpaired) electrons. The van der Waals surface area contributed by atoms with Gasteiger partial charge >= 0.3 is 0 Å². The number of rotatable bonds is 2. The molecule has 4 nitrogen and oxygen atoms in total. The van der Waals surface area contributed by atoms with Gasteiger partial charge in [0.1, 0.15) is 5.82 Å². The van der Waals surface area contributed by atoms with Gasteiger partial charge in [-0.1, -0.05) is 6.07 Å². The maximum Gasteiger partial charge on any atom is 0.199 e. The molecule has 0 aromatic carbocycles. The normalized spacial score (nSPS) is 10.1. The fraction of sp³-hybridized carbons (Fsp3) is 0.222. The van der Waals surface area contributed by atoms with E-state index in [4.69, 9.17) is 12.2 Å². The lowest BCUT2D eigenvalue weighted by molar-refractivity contribution is 0.644. The summed E-state index contributed by atoms with van der Waals surface area (Å²) in [6, 6.07) is 5.56. The predicted octanol–water partition coefficient (Wildman–Crippen LogP) is 1.37. The zero-order valence-corrected chi connectivity index (χ0v) is 8.95. The van der Waals surface area contributed by atoms with E-state index in [-0.39, 0.29) is 0 Å². The molecule has 0 atom stereocenters. The summed E-state index contributed by atoms with van der Waals surface area (Å²) >= 11 is 4.98. The quantitative estimate of drug-likeness (QED) is 0.453. The van der Waals surface area contributed by atoms with Crippen molar-refractivity contribution in [3.05, 3.63) is 24.4 Å². The number of nitrogens with zero attached hydrogens (tertiary/aromatic N) is 3. The van der Waals surface area contributed by atoms with Gasteiger partial charge in [0.05, 0.1) is 6.34 Å². The smallest absolute Gasteiger partial charge is 0.199 e.